The van der Waals surface area contributed by atoms with Gasteiger partial charge in [0.2, 0.25) is 5.91 Å². The van der Waals surface area contributed by atoms with Crippen molar-refractivity contribution in [1.29, 1.82) is 0 Å². The van der Waals surface area contributed by atoms with Crippen LogP contribution in [0.15, 0.2) is 35.7 Å². The number of sulfone groups is 1. The number of nitrogens with two attached hydrogens (primary N) is 1. The number of amides is 1. The van der Waals surface area contributed by atoms with Crippen LogP contribution >= 0.6 is 0 Å². The second-order valence-corrected chi connectivity index (χ2v) is 9.29. The largest absolute Gasteiger partial charge is 0.496 e. The van der Waals surface area contributed by atoms with E-state index < -0.39 is 21.8 Å². The molecule has 0 radical (unpaired) electrons. The third kappa shape index (κ3) is 6.39. The SMILES string of the molecule is COc1cc(OC)c(C=CS(=O)(=O)Cc2ccc(OC)c(C(C(N)=O)N(C)C)c2)c(OC)c1. The van der Waals surface area contributed by atoms with E-state index in [9.17, 15) is 13.2 Å². The standard InChI is InChI=1S/C23H30N2O7S/c1-25(2)22(23(24)26)18-11-15(7-8-19(18)30-4)14-33(27,28)10-9-17-20(31-5)12-16(29-3)13-21(17)32-6/h7-13,22H,14H2,1-6H3,(H2,24,26). The van der Waals surface area contributed by atoms with Crippen LogP contribution in [-0.2, 0) is 20.4 Å². The van der Waals surface area contributed by atoms with Gasteiger partial charge in [-0.25, -0.2) is 8.42 Å². The molecule has 2 rings (SSSR count). The van der Waals surface area contributed by atoms with E-state index in [-0.39, 0.29) is 5.75 Å². The second kappa shape index (κ2) is 11.1. The average Bonchev–Trinajstić information content (AvgIpc) is 2.76. The molecule has 0 spiro atoms. The number of hydrogen-bond donors (Lipinski definition) is 1. The molecule has 10 heteroatoms. The maximum absolute atomic E-state index is 12.9. The molecule has 2 aromatic rings. The molecule has 0 heterocycles. The molecule has 0 aromatic heterocycles. The van der Waals surface area contributed by atoms with Crippen LogP contribution < -0.4 is 24.7 Å². The molecule has 9 nitrogen and oxygen atoms in total. The Balaban J connectivity index is 2.42. The van der Waals surface area contributed by atoms with Gasteiger partial charge in [0.1, 0.15) is 29.0 Å². The minimum absolute atomic E-state index is 0.291. The zero-order chi connectivity index (χ0) is 24.8. The van der Waals surface area contributed by atoms with Gasteiger partial charge >= 0.3 is 0 Å². The summed E-state index contributed by atoms with van der Waals surface area (Å²) in [6, 6.07) is 7.38. The van der Waals surface area contributed by atoms with Crippen molar-refractivity contribution in [3.63, 3.8) is 0 Å². The number of nitrogens with zero attached hydrogens (tertiary/aromatic N) is 1. The molecule has 0 aliphatic rings. The van der Waals surface area contributed by atoms with E-state index in [4.69, 9.17) is 24.7 Å². The molecule has 0 fully saturated rings. The minimum atomic E-state index is -3.69. The van der Waals surface area contributed by atoms with Crippen LogP contribution in [0.25, 0.3) is 6.08 Å². The summed E-state index contributed by atoms with van der Waals surface area (Å²) in [5.74, 6) is 0.896. The first-order valence-corrected chi connectivity index (χ1v) is 11.6. The number of likely N-dealkylation sites (N-methyl/N-ethyl adjacent to an activating group) is 1. The smallest absolute Gasteiger partial charge is 0.239 e. The molecule has 0 saturated carbocycles. The molecule has 0 saturated heterocycles. The normalized spacial score (nSPS) is 12.6. The number of benzene rings is 2. The molecule has 0 aliphatic carbocycles. The number of primary amides is 1. The molecule has 2 aromatic carbocycles. The zero-order valence-electron chi connectivity index (χ0n) is 19.6. The van der Waals surface area contributed by atoms with E-state index in [1.165, 1.54) is 34.5 Å². The van der Waals surface area contributed by atoms with Crippen LogP contribution in [0, 0.1) is 0 Å². The number of methoxy groups -OCH3 is 4. The summed E-state index contributed by atoms with van der Waals surface area (Å²) < 4.78 is 47.0. The van der Waals surface area contributed by atoms with Crippen molar-refractivity contribution in [2.45, 2.75) is 11.8 Å². The van der Waals surface area contributed by atoms with E-state index in [2.05, 4.69) is 0 Å². The van der Waals surface area contributed by atoms with Gasteiger partial charge in [-0.1, -0.05) is 6.07 Å². The van der Waals surface area contributed by atoms with Crippen molar-refractivity contribution in [1.82, 2.24) is 4.90 Å². The van der Waals surface area contributed by atoms with Crippen LogP contribution in [0.4, 0.5) is 0 Å². The summed E-state index contributed by atoms with van der Waals surface area (Å²) in [4.78, 5) is 13.6. The van der Waals surface area contributed by atoms with Gasteiger partial charge in [-0.15, -0.1) is 0 Å². The van der Waals surface area contributed by atoms with Crippen molar-refractivity contribution in [2.24, 2.45) is 5.73 Å². The summed E-state index contributed by atoms with van der Waals surface area (Å²) in [7, 11) is 5.64. The van der Waals surface area contributed by atoms with Gasteiger partial charge in [0.15, 0.2) is 9.84 Å². The fraction of sp³-hybridized carbons (Fsp3) is 0.348. The lowest BCUT2D eigenvalue weighted by atomic mass is 10.0. The molecule has 0 bridgehead atoms. The lowest BCUT2D eigenvalue weighted by molar-refractivity contribution is -0.122. The van der Waals surface area contributed by atoms with Crippen LogP contribution in [0.3, 0.4) is 0 Å². The predicted molar refractivity (Wildman–Crippen MR) is 126 cm³/mol. The highest BCUT2D eigenvalue weighted by atomic mass is 32.2. The fourth-order valence-electron chi connectivity index (χ4n) is 3.42. The van der Waals surface area contributed by atoms with E-state index >= 15 is 0 Å². The Kier molecular flexibility index (Phi) is 8.72. The predicted octanol–water partition coefficient (Wildman–Crippen LogP) is 2.39. The second-order valence-electron chi connectivity index (χ2n) is 7.40. The van der Waals surface area contributed by atoms with Gasteiger partial charge in [-0.3, -0.25) is 9.69 Å². The maximum atomic E-state index is 12.9. The first-order valence-electron chi connectivity index (χ1n) is 9.90. The number of rotatable bonds is 11. The highest BCUT2D eigenvalue weighted by Gasteiger charge is 2.25. The molecule has 2 N–H and O–H groups in total. The molecule has 180 valence electrons. The van der Waals surface area contributed by atoms with E-state index in [0.717, 1.165) is 5.41 Å². The summed E-state index contributed by atoms with van der Waals surface area (Å²) in [6.07, 6.45) is 1.42. The monoisotopic (exact) mass is 478 g/mol. The lowest BCUT2D eigenvalue weighted by Crippen LogP contribution is -2.33. The first kappa shape index (κ1) is 26.0. The van der Waals surface area contributed by atoms with Crippen LogP contribution in [0.5, 0.6) is 23.0 Å². The van der Waals surface area contributed by atoms with Crippen LogP contribution in [0.1, 0.15) is 22.7 Å². The molecule has 1 amide bonds. The van der Waals surface area contributed by atoms with Gasteiger partial charge in [0.05, 0.1) is 39.8 Å². The Morgan fingerprint density at radius 3 is 2.00 bits per heavy atom. The van der Waals surface area contributed by atoms with Gasteiger partial charge in [0, 0.05) is 23.1 Å². The van der Waals surface area contributed by atoms with Gasteiger partial charge in [0.25, 0.3) is 0 Å². The van der Waals surface area contributed by atoms with E-state index in [0.29, 0.717) is 39.7 Å². The molecular formula is C23H30N2O7S. The summed E-state index contributed by atoms with van der Waals surface area (Å²) in [5.41, 5.74) is 6.99. The highest BCUT2D eigenvalue weighted by molar-refractivity contribution is 7.93. The quantitative estimate of drug-likeness (QED) is 0.523. The molecule has 1 unspecified atom stereocenters. The van der Waals surface area contributed by atoms with Crippen molar-refractivity contribution in [2.75, 3.05) is 42.5 Å². The zero-order valence-corrected chi connectivity index (χ0v) is 20.4. The van der Waals surface area contributed by atoms with E-state index in [1.54, 1.807) is 49.3 Å². The Bertz CT molecular complexity index is 1100. The Hall–Kier alpha value is -3.24. The third-order valence-electron chi connectivity index (χ3n) is 4.94. The van der Waals surface area contributed by atoms with Gasteiger partial charge in [-0.2, -0.15) is 0 Å². The van der Waals surface area contributed by atoms with Crippen molar-refractivity contribution in [3.8, 4) is 23.0 Å². The average molecular weight is 479 g/mol. The Morgan fingerprint density at radius 1 is 0.970 bits per heavy atom. The first-order chi connectivity index (χ1) is 15.6. The minimum Gasteiger partial charge on any atom is -0.496 e. The van der Waals surface area contributed by atoms with Crippen LogP contribution in [0.2, 0.25) is 0 Å². The number of carbonyl (C=O) groups excluding carboxylic acids is 1. The van der Waals surface area contributed by atoms with Crippen molar-refractivity contribution >= 4 is 21.8 Å². The van der Waals surface area contributed by atoms with Gasteiger partial charge in [-0.05, 0) is 37.9 Å². The summed E-state index contributed by atoms with van der Waals surface area (Å²) in [5, 5.41) is 1.10. The number of hydrogen-bond acceptors (Lipinski definition) is 8. The summed E-state index contributed by atoms with van der Waals surface area (Å²) in [6.45, 7) is 0. The van der Waals surface area contributed by atoms with Crippen LogP contribution in [-0.4, -0.2) is 61.8 Å². The number of carbonyl (C=O) groups is 1. The lowest BCUT2D eigenvalue weighted by Gasteiger charge is -2.23. The van der Waals surface area contributed by atoms with Crippen molar-refractivity contribution < 1.29 is 32.2 Å². The Labute approximate surface area is 194 Å². The maximum Gasteiger partial charge on any atom is 0.239 e. The van der Waals surface area contributed by atoms with E-state index in [1.807, 2.05) is 0 Å². The molecule has 1 atom stereocenters. The third-order valence-corrected chi connectivity index (χ3v) is 6.22. The topological polar surface area (TPSA) is 117 Å². The van der Waals surface area contributed by atoms with Crippen molar-refractivity contribution in [3.05, 3.63) is 52.4 Å². The van der Waals surface area contributed by atoms with Gasteiger partial charge < -0.3 is 24.7 Å². The Morgan fingerprint density at radius 2 is 1.55 bits per heavy atom. The summed E-state index contributed by atoms with van der Waals surface area (Å²) >= 11 is 0. The molecule has 0 aliphatic heterocycles. The fourth-order valence-corrected chi connectivity index (χ4v) is 4.51. The molecular weight excluding hydrogens is 448 g/mol. The highest BCUT2D eigenvalue weighted by Crippen LogP contribution is 2.35. The molecule has 33 heavy (non-hydrogen) atoms. The number of ether oxygens (including phenoxy) is 4.